The van der Waals surface area contributed by atoms with Crippen molar-refractivity contribution in [3.63, 3.8) is 0 Å². The van der Waals surface area contributed by atoms with Gasteiger partial charge in [-0.05, 0) is 65.7 Å². The minimum atomic E-state index is 1.16. The quantitative estimate of drug-likeness (QED) is 0.194. The van der Waals surface area contributed by atoms with Crippen LogP contribution < -0.4 is 0 Å². The van der Waals surface area contributed by atoms with Gasteiger partial charge in [0.05, 0.1) is 22.1 Å². The van der Waals surface area contributed by atoms with Crippen molar-refractivity contribution in [3.8, 4) is 22.5 Å². The van der Waals surface area contributed by atoms with Gasteiger partial charge in [-0.25, -0.2) is 0 Å². The van der Waals surface area contributed by atoms with Gasteiger partial charge >= 0.3 is 0 Å². The first kappa shape index (κ1) is 24.8. The van der Waals surface area contributed by atoms with Crippen LogP contribution in [0.5, 0.6) is 0 Å². The first-order valence-electron chi connectivity index (χ1n) is 15.4. The smallest absolute Gasteiger partial charge is 0.0641 e. The summed E-state index contributed by atoms with van der Waals surface area (Å²) in [7, 11) is 0. The topological polar surface area (TPSA) is 9.86 Å². The van der Waals surface area contributed by atoms with E-state index in [4.69, 9.17) is 0 Å². The Morgan fingerprint density at radius 1 is 0.356 bits per heavy atom. The highest BCUT2D eigenvalue weighted by Crippen LogP contribution is 2.42. The number of hydrogen-bond donors (Lipinski definition) is 0. The number of fused-ring (bicyclic) bond motifs is 10. The van der Waals surface area contributed by atoms with Crippen molar-refractivity contribution in [2.75, 3.05) is 0 Å². The fraction of sp³-hybridized carbons (Fsp3) is 0. The second-order valence-electron chi connectivity index (χ2n) is 11.8. The fourth-order valence-electron chi connectivity index (χ4n) is 7.34. The highest BCUT2D eigenvalue weighted by molar-refractivity contribution is 7.25. The van der Waals surface area contributed by atoms with E-state index in [2.05, 4.69) is 167 Å². The van der Waals surface area contributed by atoms with E-state index in [-0.39, 0.29) is 0 Å². The number of rotatable bonds is 3. The van der Waals surface area contributed by atoms with Crippen molar-refractivity contribution in [3.05, 3.63) is 158 Å². The van der Waals surface area contributed by atoms with E-state index in [1.165, 1.54) is 80.6 Å². The lowest BCUT2D eigenvalue weighted by molar-refractivity contribution is 1.17. The predicted octanol–water partition coefficient (Wildman–Crippen LogP) is 11.9. The number of para-hydroxylation sites is 3. The maximum atomic E-state index is 2.47. The van der Waals surface area contributed by atoms with Crippen LogP contribution in [-0.2, 0) is 0 Å². The van der Waals surface area contributed by atoms with Crippen LogP contribution >= 0.6 is 11.3 Å². The van der Waals surface area contributed by atoms with E-state index in [1.807, 2.05) is 11.3 Å². The number of benzene rings is 7. The summed E-state index contributed by atoms with van der Waals surface area (Å²) in [4.78, 5) is 0. The molecule has 7 aromatic carbocycles. The summed E-state index contributed by atoms with van der Waals surface area (Å²) in [6, 6.07) is 57.6. The molecule has 0 bridgehead atoms. The summed E-state index contributed by atoms with van der Waals surface area (Å²) in [5.41, 5.74) is 9.71. The van der Waals surface area contributed by atoms with E-state index in [0.29, 0.717) is 0 Å². The van der Waals surface area contributed by atoms with Gasteiger partial charge in [0, 0.05) is 53.1 Å². The molecule has 0 unspecified atom stereocenters. The molecule has 0 spiro atoms. The molecule has 0 N–H and O–H groups in total. The van der Waals surface area contributed by atoms with Gasteiger partial charge in [-0.2, -0.15) is 0 Å². The zero-order valence-corrected chi connectivity index (χ0v) is 25.1. The van der Waals surface area contributed by atoms with Crippen LogP contribution in [0.25, 0.3) is 86.3 Å². The Morgan fingerprint density at radius 2 is 0.956 bits per heavy atom. The Balaban J connectivity index is 1.22. The summed E-state index contributed by atoms with van der Waals surface area (Å²) >= 11 is 1.87. The monoisotopic (exact) mass is 590 g/mol. The van der Waals surface area contributed by atoms with E-state index < -0.39 is 0 Å². The molecule has 3 heteroatoms. The standard InChI is InChI=1S/C42H26N2S/c1-2-10-29(11-3-1)43-37-16-8-5-14-35(37)41-38(43)25-24-34-31-12-4-7-15-36(31)44(42(34)41)30-21-18-27(19-22-30)28-20-23-33-32-13-6-9-17-39(32)45-40(33)26-28/h1-26H. The fourth-order valence-corrected chi connectivity index (χ4v) is 8.49. The van der Waals surface area contributed by atoms with Crippen molar-refractivity contribution in [1.29, 1.82) is 0 Å². The summed E-state index contributed by atoms with van der Waals surface area (Å²) < 4.78 is 7.54. The van der Waals surface area contributed by atoms with Gasteiger partial charge in [0.2, 0.25) is 0 Å². The van der Waals surface area contributed by atoms with Crippen LogP contribution in [0.2, 0.25) is 0 Å². The maximum Gasteiger partial charge on any atom is 0.0641 e. The maximum absolute atomic E-state index is 2.47. The van der Waals surface area contributed by atoms with Gasteiger partial charge in [-0.15, -0.1) is 11.3 Å². The third-order valence-electron chi connectivity index (χ3n) is 9.32. The number of thiophene rings is 1. The van der Waals surface area contributed by atoms with Crippen molar-refractivity contribution < 1.29 is 0 Å². The van der Waals surface area contributed by atoms with Gasteiger partial charge in [-0.3, -0.25) is 0 Å². The summed E-state index contributed by atoms with van der Waals surface area (Å²) in [6.45, 7) is 0. The van der Waals surface area contributed by atoms with E-state index in [9.17, 15) is 0 Å². The molecule has 3 aromatic heterocycles. The molecule has 10 rings (SSSR count). The minimum Gasteiger partial charge on any atom is -0.309 e. The summed E-state index contributed by atoms with van der Waals surface area (Å²) in [5.74, 6) is 0. The lowest BCUT2D eigenvalue weighted by Crippen LogP contribution is -1.95. The third kappa shape index (κ3) is 3.56. The van der Waals surface area contributed by atoms with Gasteiger partial charge in [0.25, 0.3) is 0 Å². The van der Waals surface area contributed by atoms with Crippen LogP contribution in [0.3, 0.4) is 0 Å². The highest BCUT2D eigenvalue weighted by atomic mass is 32.1. The Bertz CT molecular complexity index is 2740. The summed E-state index contributed by atoms with van der Waals surface area (Å²) in [6.07, 6.45) is 0. The molecule has 0 atom stereocenters. The van der Waals surface area contributed by atoms with Crippen molar-refractivity contribution in [2.24, 2.45) is 0 Å². The van der Waals surface area contributed by atoms with Crippen LogP contribution in [-0.4, -0.2) is 9.13 Å². The summed E-state index contributed by atoms with van der Waals surface area (Å²) in [5, 5.41) is 7.76. The van der Waals surface area contributed by atoms with Crippen LogP contribution in [0.15, 0.2) is 158 Å². The Hall–Kier alpha value is -5.64. The van der Waals surface area contributed by atoms with Crippen molar-refractivity contribution in [2.45, 2.75) is 0 Å². The van der Waals surface area contributed by atoms with E-state index in [0.717, 1.165) is 5.69 Å². The van der Waals surface area contributed by atoms with E-state index >= 15 is 0 Å². The molecule has 0 fully saturated rings. The minimum absolute atomic E-state index is 1.16. The van der Waals surface area contributed by atoms with Gasteiger partial charge < -0.3 is 9.13 Å². The van der Waals surface area contributed by atoms with Crippen LogP contribution in [0.4, 0.5) is 0 Å². The first-order chi connectivity index (χ1) is 22.3. The lowest BCUT2D eigenvalue weighted by atomic mass is 10.0. The van der Waals surface area contributed by atoms with Crippen LogP contribution in [0.1, 0.15) is 0 Å². The largest absolute Gasteiger partial charge is 0.309 e. The molecule has 2 nitrogen and oxygen atoms in total. The molecule has 0 aliphatic rings. The SMILES string of the molecule is c1ccc(-n2c3ccccc3c3c2ccc2c4ccccc4n(-c4ccc(-c5ccc6c(c5)sc5ccccc56)cc4)c23)cc1. The molecule has 3 heterocycles. The normalized spacial score (nSPS) is 12.0. The molecule has 0 aliphatic carbocycles. The molecule has 0 saturated carbocycles. The van der Waals surface area contributed by atoms with Crippen molar-refractivity contribution >= 4 is 75.1 Å². The highest BCUT2D eigenvalue weighted by Gasteiger charge is 2.20. The molecule has 210 valence electrons. The zero-order chi connectivity index (χ0) is 29.5. The molecular weight excluding hydrogens is 565 g/mol. The molecular formula is C42H26N2S. The Morgan fingerprint density at radius 3 is 1.78 bits per heavy atom. The molecule has 10 aromatic rings. The molecule has 0 radical (unpaired) electrons. The average molecular weight is 591 g/mol. The predicted molar refractivity (Wildman–Crippen MR) is 193 cm³/mol. The number of aromatic nitrogens is 2. The van der Waals surface area contributed by atoms with Crippen molar-refractivity contribution in [1.82, 2.24) is 9.13 Å². The Kier molecular flexibility index (Phi) is 5.19. The van der Waals surface area contributed by atoms with Gasteiger partial charge in [0.15, 0.2) is 0 Å². The van der Waals surface area contributed by atoms with Gasteiger partial charge in [0.1, 0.15) is 0 Å². The zero-order valence-electron chi connectivity index (χ0n) is 24.3. The lowest BCUT2D eigenvalue weighted by Gasteiger charge is -2.11. The molecule has 0 amide bonds. The third-order valence-corrected chi connectivity index (χ3v) is 10.5. The van der Waals surface area contributed by atoms with Crippen LogP contribution in [0, 0.1) is 0 Å². The number of nitrogens with zero attached hydrogens (tertiary/aromatic N) is 2. The second kappa shape index (κ2) is 9.43. The van der Waals surface area contributed by atoms with E-state index in [1.54, 1.807) is 0 Å². The van der Waals surface area contributed by atoms with Gasteiger partial charge in [-0.1, -0.05) is 103 Å². The molecule has 45 heavy (non-hydrogen) atoms. The number of hydrogen-bond acceptors (Lipinski definition) is 1. The molecule has 0 aliphatic heterocycles. The first-order valence-corrected chi connectivity index (χ1v) is 16.2. The Labute approximate surface area is 263 Å². The molecule has 0 saturated heterocycles. The average Bonchev–Trinajstić information content (AvgIpc) is 3.76. The second-order valence-corrected chi connectivity index (χ2v) is 12.8.